The minimum atomic E-state index is -1.05. The fourth-order valence-corrected chi connectivity index (χ4v) is 4.13. The fourth-order valence-electron chi connectivity index (χ4n) is 3.27. The zero-order valence-corrected chi connectivity index (χ0v) is 18.5. The SMILES string of the molecule is CCCN(CC)C(=O)c1c(O)c(=O)c(-c2nnc(Cc3c(F)cc(F)cc3F)s2)cn1C. The molecule has 1 aromatic carbocycles. The van der Waals surface area contributed by atoms with Crippen LogP contribution in [0.1, 0.15) is 41.3 Å². The van der Waals surface area contributed by atoms with E-state index in [1.54, 1.807) is 6.92 Å². The number of carbonyl (C=O) groups excluding carboxylic acids is 1. The van der Waals surface area contributed by atoms with E-state index < -0.39 is 34.5 Å². The normalized spacial score (nSPS) is 11.1. The Balaban J connectivity index is 1.96. The van der Waals surface area contributed by atoms with Gasteiger partial charge in [0, 0.05) is 50.5 Å². The van der Waals surface area contributed by atoms with Crippen LogP contribution in [0.5, 0.6) is 5.75 Å². The highest BCUT2D eigenvalue weighted by Gasteiger charge is 2.25. The molecule has 0 bridgehead atoms. The highest BCUT2D eigenvalue weighted by molar-refractivity contribution is 7.14. The topological polar surface area (TPSA) is 88.3 Å². The number of aryl methyl sites for hydroxylation is 1. The molecule has 3 aromatic rings. The van der Waals surface area contributed by atoms with Crippen molar-refractivity contribution in [2.45, 2.75) is 26.7 Å². The number of aromatic nitrogens is 3. The molecule has 0 aliphatic rings. The number of halogens is 3. The summed E-state index contributed by atoms with van der Waals surface area (Å²) in [4.78, 5) is 27.1. The van der Waals surface area contributed by atoms with Crippen molar-refractivity contribution >= 4 is 17.2 Å². The molecule has 0 aliphatic heterocycles. The molecule has 0 aliphatic carbocycles. The van der Waals surface area contributed by atoms with Crippen molar-refractivity contribution in [3.05, 3.63) is 62.3 Å². The minimum absolute atomic E-state index is 0.0103. The van der Waals surface area contributed by atoms with Gasteiger partial charge in [0.1, 0.15) is 22.5 Å². The van der Waals surface area contributed by atoms with Crippen LogP contribution in [0.15, 0.2) is 23.1 Å². The lowest BCUT2D eigenvalue weighted by Gasteiger charge is -2.22. The molecular formula is C21H21F3N4O3S. The summed E-state index contributed by atoms with van der Waals surface area (Å²) in [6, 6.07) is 1.14. The van der Waals surface area contributed by atoms with Gasteiger partial charge in [-0.25, -0.2) is 13.2 Å². The van der Waals surface area contributed by atoms with Crippen molar-refractivity contribution < 1.29 is 23.1 Å². The summed E-state index contributed by atoms with van der Waals surface area (Å²) in [5.41, 5.74) is -1.33. The molecule has 0 unspecified atom stereocenters. The lowest BCUT2D eigenvalue weighted by Crippen LogP contribution is -2.34. The lowest BCUT2D eigenvalue weighted by atomic mass is 10.1. The van der Waals surface area contributed by atoms with Gasteiger partial charge in [0.25, 0.3) is 5.91 Å². The second kappa shape index (κ2) is 9.51. The Kier molecular flexibility index (Phi) is 6.97. The average molecular weight is 466 g/mol. The van der Waals surface area contributed by atoms with Crippen LogP contribution in [-0.2, 0) is 13.5 Å². The second-order valence-electron chi connectivity index (χ2n) is 7.09. The number of hydrogen-bond donors (Lipinski definition) is 1. The maximum Gasteiger partial charge on any atom is 0.274 e. The molecule has 0 fully saturated rings. The predicted octanol–water partition coefficient (Wildman–Crippen LogP) is 3.49. The van der Waals surface area contributed by atoms with Crippen molar-refractivity contribution in [1.82, 2.24) is 19.7 Å². The number of aromatic hydroxyl groups is 1. The van der Waals surface area contributed by atoms with Gasteiger partial charge in [0.2, 0.25) is 5.43 Å². The van der Waals surface area contributed by atoms with Crippen LogP contribution in [0.3, 0.4) is 0 Å². The first kappa shape index (κ1) is 23.5. The second-order valence-corrected chi connectivity index (χ2v) is 8.15. The molecule has 1 amide bonds. The Morgan fingerprint density at radius 2 is 1.84 bits per heavy atom. The molecule has 0 spiro atoms. The van der Waals surface area contributed by atoms with E-state index in [0.29, 0.717) is 25.2 Å². The number of benzene rings is 1. The van der Waals surface area contributed by atoms with Crippen molar-refractivity contribution in [2.75, 3.05) is 13.1 Å². The van der Waals surface area contributed by atoms with Crippen molar-refractivity contribution in [1.29, 1.82) is 0 Å². The maximum atomic E-state index is 13.9. The van der Waals surface area contributed by atoms with Crippen molar-refractivity contribution in [2.24, 2.45) is 7.05 Å². The zero-order valence-electron chi connectivity index (χ0n) is 17.7. The Bertz CT molecular complexity index is 1200. The van der Waals surface area contributed by atoms with E-state index in [9.17, 15) is 27.9 Å². The number of hydrogen-bond acceptors (Lipinski definition) is 6. The summed E-state index contributed by atoms with van der Waals surface area (Å²) in [7, 11) is 1.51. The van der Waals surface area contributed by atoms with Gasteiger partial charge in [-0.1, -0.05) is 18.3 Å². The summed E-state index contributed by atoms with van der Waals surface area (Å²) >= 11 is 0.898. The molecule has 0 atom stereocenters. The third kappa shape index (κ3) is 4.52. The summed E-state index contributed by atoms with van der Waals surface area (Å²) in [5.74, 6) is -4.32. The molecule has 2 aromatic heterocycles. The van der Waals surface area contributed by atoms with Gasteiger partial charge in [0.05, 0.1) is 5.56 Å². The lowest BCUT2D eigenvalue weighted by molar-refractivity contribution is 0.0750. The van der Waals surface area contributed by atoms with Gasteiger partial charge in [-0.2, -0.15) is 0 Å². The molecule has 32 heavy (non-hydrogen) atoms. The van der Waals surface area contributed by atoms with Crippen molar-refractivity contribution in [3.8, 4) is 16.3 Å². The van der Waals surface area contributed by atoms with E-state index in [1.165, 1.54) is 22.7 Å². The molecule has 3 rings (SSSR count). The van der Waals surface area contributed by atoms with E-state index in [4.69, 9.17) is 0 Å². The summed E-state index contributed by atoms with van der Waals surface area (Å²) in [6.45, 7) is 4.60. The van der Waals surface area contributed by atoms with E-state index in [2.05, 4.69) is 10.2 Å². The molecule has 1 N–H and O–H groups in total. The van der Waals surface area contributed by atoms with Crippen LogP contribution in [0, 0.1) is 17.5 Å². The third-order valence-corrected chi connectivity index (χ3v) is 5.81. The van der Waals surface area contributed by atoms with Gasteiger partial charge in [0.15, 0.2) is 16.5 Å². The van der Waals surface area contributed by atoms with Gasteiger partial charge < -0.3 is 14.6 Å². The quantitative estimate of drug-likeness (QED) is 0.576. The fraction of sp³-hybridized carbons (Fsp3) is 0.333. The van der Waals surface area contributed by atoms with Crippen molar-refractivity contribution in [3.63, 3.8) is 0 Å². The Morgan fingerprint density at radius 1 is 1.19 bits per heavy atom. The monoisotopic (exact) mass is 466 g/mol. The number of rotatable bonds is 7. The predicted molar refractivity (Wildman–Crippen MR) is 113 cm³/mol. The molecule has 11 heteroatoms. The first-order valence-corrected chi connectivity index (χ1v) is 10.7. The van der Waals surface area contributed by atoms with E-state index in [0.717, 1.165) is 17.8 Å². The zero-order chi connectivity index (χ0) is 23.6. The summed E-state index contributed by atoms with van der Waals surface area (Å²) < 4.78 is 42.3. The van der Waals surface area contributed by atoms with Gasteiger partial charge >= 0.3 is 0 Å². The van der Waals surface area contributed by atoms with Crippen LogP contribution in [0.25, 0.3) is 10.6 Å². The van der Waals surface area contributed by atoms with E-state index in [1.807, 2.05) is 6.92 Å². The molecule has 170 valence electrons. The number of pyridine rings is 1. The number of amides is 1. The smallest absolute Gasteiger partial charge is 0.274 e. The Hall–Kier alpha value is -3.21. The van der Waals surface area contributed by atoms with Gasteiger partial charge in [-0.15, -0.1) is 10.2 Å². The van der Waals surface area contributed by atoms with Crippen LogP contribution < -0.4 is 5.43 Å². The van der Waals surface area contributed by atoms with Crippen LogP contribution in [0.4, 0.5) is 13.2 Å². The first-order valence-electron chi connectivity index (χ1n) is 9.85. The van der Waals surface area contributed by atoms with Gasteiger partial charge in [-0.05, 0) is 13.3 Å². The molecular weight excluding hydrogens is 445 g/mol. The summed E-state index contributed by atoms with van der Waals surface area (Å²) in [5, 5.41) is 18.5. The molecule has 2 heterocycles. The third-order valence-electron chi connectivity index (χ3n) is 4.86. The van der Waals surface area contributed by atoms with E-state index in [-0.39, 0.29) is 33.3 Å². The number of nitrogens with zero attached hydrogens (tertiary/aromatic N) is 4. The summed E-state index contributed by atoms with van der Waals surface area (Å²) in [6.07, 6.45) is 1.79. The van der Waals surface area contributed by atoms with Gasteiger partial charge in [-0.3, -0.25) is 9.59 Å². The standard InChI is InChI=1S/C21H21F3N4O3S/c1-4-6-28(5-2)21(31)17-19(30)18(29)13(10-27(17)3)20-26-25-16(32-20)9-12-14(23)7-11(22)8-15(12)24/h7-8,10,30H,4-6,9H2,1-3H3. The minimum Gasteiger partial charge on any atom is -0.503 e. The Labute approximate surface area is 185 Å². The van der Waals surface area contributed by atoms with Crippen LogP contribution in [0.2, 0.25) is 0 Å². The van der Waals surface area contributed by atoms with E-state index >= 15 is 0 Å². The Morgan fingerprint density at radius 3 is 2.44 bits per heavy atom. The van der Waals surface area contributed by atoms with Crippen LogP contribution in [-0.4, -0.2) is 43.8 Å². The highest BCUT2D eigenvalue weighted by atomic mass is 32.1. The maximum absolute atomic E-state index is 13.9. The largest absolute Gasteiger partial charge is 0.503 e. The average Bonchev–Trinajstić information content (AvgIpc) is 3.20. The molecule has 0 saturated carbocycles. The first-order chi connectivity index (χ1) is 15.2. The van der Waals surface area contributed by atoms with Crippen LogP contribution >= 0.6 is 11.3 Å². The molecule has 7 nitrogen and oxygen atoms in total. The molecule has 0 saturated heterocycles. The number of carbonyl (C=O) groups is 1. The highest BCUT2D eigenvalue weighted by Crippen LogP contribution is 2.27. The molecule has 0 radical (unpaired) electrons.